The Kier molecular flexibility index (Phi) is 7.28. The second-order valence-electron chi connectivity index (χ2n) is 9.03. The average Bonchev–Trinajstić information content (AvgIpc) is 3.35. The topological polar surface area (TPSA) is 73.8 Å². The summed E-state index contributed by atoms with van der Waals surface area (Å²) in [7, 11) is 0. The molecule has 2 atom stereocenters. The van der Waals surface area contributed by atoms with E-state index in [1.54, 1.807) is 19.1 Å². The molecular weight excluding hydrogens is 572 g/mol. The number of nitrogens with zero attached hydrogens (tertiary/aromatic N) is 1. The third kappa shape index (κ3) is 5.32. The van der Waals surface area contributed by atoms with Crippen molar-refractivity contribution in [2.75, 3.05) is 0 Å². The third-order valence-corrected chi connectivity index (χ3v) is 7.93. The molecule has 4 aromatic carbocycles. The van der Waals surface area contributed by atoms with Gasteiger partial charge in [0.15, 0.2) is 4.90 Å². The lowest BCUT2D eigenvalue weighted by molar-refractivity contribution is -0.275. The van der Waals surface area contributed by atoms with Crippen molar-refractivity contribution in [1.82, 2.24) is 4.72 Å². The summed E-state index contributed by atoms with van der Waals surface area (Å²) in [5.41, 5.74) is -1.97. The molecule has 1 amide bonds. The van der Waals surface area contributed by atoms with Gasteiger partial charge in [-0.2, -0.15) is 17.9 Å². The molecule has 2 unspecified atom stereocenters. The van der Waals surface area contributed by atoms with Gasteiger partial charge in [-0.3, -0.25) is 4.79 Å². The molecular formula is C28H19Cl2F3N2O3S. The molecule has 11 heteroatoms. The number of aryl methyl sites for hydroxylation is 1. The van der Waals surface area contributed by atoms with Crippen LogP contribution in [-0.2, 0) is 21.8 Å². The summed E-state index contributed by atoms with van der Waals surface area (Å²) >= 11 is 10.1. The number of rotatable bonds is 5. The monoisotopic (exact) mass is 590 g/mol. The lowest BCUT2D eigenvalue weighted by atomic mass is 9.86. The number of hydrogen-bond acceptors (Lipinski definition) is 4. The minimum Gasteiger partial charge on any atom is -0.588 e. The van der Waals surface area contributed by atoms with Crippen LogP contribution in [0.4, 0.5) is 13.2 Å². The molecule has 200 valence electrons. The molecule has 5 nitrogen and oxygen atoms in total. The summed E-state index contributed by atoms with van der Waals surface area (Å²) in [6.45, 7) is 1.63. The molecule has 0 saturated carbocycles. The van der Waals surface area contributed by atoms with Gasteiger partial charge in [-0.1, -0.05) is 58.7 Å². The Balaban J connectivity index is 1.35. The summed E-state index contributed by atoms with van der Waals surface area (Å²) in [5.74, 6) is -0.589. The molecule has 5 rings (SSSR count). The molecule has 0 radical (unpaired) electrons. The third-order valence-electron chi connectivity index (χ3n) is 6.44. The lowest BCUT2D eigenvalue weighted by Gasteiger charge is -2.29. The van der Waals surface area contributed by atoms with E-state index in [4.69, 9.17) is 28.0 Å². The van der Waals surface area contributed by atoms with E-state index in [2.05, 4.69) is 9.88 Å². The zero-order chi connectivity index (χ0) is 27.9. The van der Waals surface area contributed by atoms with Crippen LogP contribution in [0.2, 0.25) is 10.0 Å². The van der Waals surface area contributed by atoms with Gasteiger partial charge in [0.2, 0.25) is 0 Å². The van der Waals surface area contributed by atoms with Crippen LogP contribution in [0.1, 0.15) is 33.5 Å². The van der Waals surface area contributed by atoms with E-state index in [-0.39, 0.29) is 26.9 Å². The zero-order valence-electron chi connectivity index (χ0n) is 20.2. The average molecular weight is 591 g/mol. The summed E-state index contributed by atoms with van der Waals surface area (Å²) in [4.78, 5) is 18.4. The highest BCUT2D eigenvalue weighted by Crippen LogP contribution is 2.49. The van der Waals surface area contributed by atoms with E-state index >= 15 is 0 Å². The quantitative estimate of drug-likeness (QED) is 0.245. The highest BCUT2D eigenvalue weighted by Gasteiger charge is 2.62. The van der Waals surface area contributed by atoms with Crippen molar-refractivity contribution in [3.63, 3.8) is 0 Å². The number of oxime groups is 1. The Hall–Kier alpha value is -3.24. The number of carbonyl (C=O) groups is 1. The van der Waals surface area contributed by atoms with Crippen molar-refractivity contribution >= 4 is 57.0 Å². The molecule has 0 aliphatic carbocycles. The molecule has 0 aromatic heterocycles. The Labute approximate surface area is 234 Å². The van der Waals surface area contributed by atoms with Crippen LogP contribution in [0, 0.1) is 6.92 Å². The fourth-order valence-corrected chi connectivity index (χ4v) is 5.77. The number of amides is 1. The van der Waals surface area contributed by atoms with Crippen LogP contribution in [0.3, 0.4) is 0 Å². The molecule has 0 fully saturated rings. The van der Waals surface area contributed by atoms with E-state index in [9.17, 15) is 22.5 Å². The van der Waals surface area contributed by atoms with E-state index in [1.165, 1.54) is 24.3 Å². The molecule has 39 heavy (non-hydrogen) atoms. The lowest BCUT2D eigenvalue weighted by Crippen LogP contribution is -2.42. The van der Waals surface area contributed by atoms with E-state index in [1.807, 2.05) is 30.3 Å². The van der Waals surface area contributed by atoms with Crippen molar-refractivity contribution in [3.8, 4) is 0 Å². The van der Waals surface area contributed by atoms with Crippen LogP contribution >= 0.6 is 23.2 Å². The van der Waals surface area contributed by atoms with Gasteiger partial charge in [0.25, 0.3) is 11.5 Å². The SMILES string of the molecule is Cc1cc(C2=NOC(c3cc(Cl)cc(Cl)c3)(C(F)(F)F)C2)ccc1C(=O)N[S+]([O-])c1ccc2ccccc2c1. The van der Waals surface area contributed by atoms with Crippen molar-refractivity contribution in [2.45, 2.75) is 30.0 Å². The maximum absolute atomic E-state index is 14.3. The second-order valence-corrected chi connectivity index (χ2v) is 11.1. The Morgan fingerprint density at radius 1 is 1.00 bits per heavy atom. The van der Waals surface area contributed by atoms with Crippen LogP contribution in [0.25, 0.3) is 10.8 Å². The molecule has 0 saturated heterocycles. The normalized spacial score (nSPS) is 18.0. The molecule has 0 spiro atoms. The van der Waals surface area contributed by atoms with Crippen molar-refractivity contribution in [3.05, 3.63) is 111 Å². The van der Waals surface area contributed by atoms with Crippen LogP contribution < -0.4 is 4.72 Å². The maximum Gasteiger partial charge on any atom is 0.435 e. The Morgan fingerprint density at radius 2 is 1.69 bits per heavy atom. The van der Waals surface area contributed by atoms with Gasteiger partial charge in [0.05, 0.1) is 5.71 Å². The van der Waals surface area contributed by atoms with Crippen molar-refractivity contribution in [1.29, 1.82) is 0 Å². The number of benzene rings is 4. The second kappa shape index (κ2) is 10.4. The standard InChI is InChI=1S/C28H19Cl2F3N2O3S/c1-16-10-19(25-15-27(38-34-25,28(31,32)33)20-12-21(29)14-22(30)13-20)7-9-24(16)26(36)35-39(37)23-8-6-17-4-2-3-5-18(17)11-23/h2-14H,15H2,1H3,(H,35,36). The summed E-state index contributed by atoms with van der Waals surface area (Å²) in [6, 6.07) is 20.9. The largest absolute Gasteiger partial charge is 0.588 e. The van der Waals surface area contributed by atoms with Gasteiger partial charge in [0.1, 0.15) is 11.4 Å². The molecule has 1 heterocycles. The number of alkyl halides is 3. The minimum absolute atomic E-state index is 0.0328. The first-order valence-corrected chi connectivity index (χ1v) is 13.5. The van der Waals surface area contributed by atoms with Crippen LogP contribution in [-0.4, -0.2) is 22.3 Å². The highest BCUT2D eigenvalue weighted by atomic mass is 35.5. The van der Waals surface area contributed by atoms with Gasteiger partial charge in [-0.15, -0.1) is 0 Å². The molecule has 4 aromatic rings. The molecule has 1 N–H and O–H groups in total. The minimum atomic E-state index is -4.83. The number of halogens is 5. The molecule has 1 aliphatic rings. The first kappa shape index (κ1) is 27.3. The summed E-state index contributed by atoms with van der Waals surface area (Å²) in [6.07, 6.45) is -5.45. The molecule has 1 aliphatic heterocycles. The molecule has 0 bridgehead atoms. The Morgan fingerprint density at radius 3 is 2.36 bits per heavy atom. The smallest absolute Gasteiger partial charge is 0.435 e. The maximum atomic E-state index is 14.3. The van der Waals surface area contributed by atoms with E-state index < -0.39 is 35.5 Å². The number of fused-ring (bicyclic) bond motifs is 1. The van der Waals surface area contributed by atoms with Gasteiger partial charge in [-0.25, -0.2) is 0 Å². The highest BCUT2D eigenvalue weighted by molar-refractivity contribution is 7.90. The predicted molar refractivity (Wildman–Crippen MR) is 145 cm³/mol. The zero-order valence-corrected chi connectivity index (χ0v) is 22.5. The first-order valence-electron chi connectivity index (χ1n) is 11.6. The number of carbonyl (C=O) groups excluding carboxylic acids is 1. The van der Waals surface area contributed by atoms with Gasteiger partial charge in [-0.05, 0) is 71.3 Å². The van der Waals surface area contributed by atoms with Gasteiger partial charge in [0, 0.05) is 33.7 Å². The van der Waals surface area contributed by atoms with Gasteiger partial charge < -0.3 is 9.39 Å². The van der Waals surface area contributed by atoms with E-state index in [0.717, 1.165) is 22.9 Å². The van der Waals surface area contributed by atoms with Crippen LogP contribution in [0.5, 0.6) is 0 Å². The van der Waals surface area contributed by atoms with E-state index in [0.29, 0.717) is 16.0 Å². The first-order chi connectivity index (χ1) is 18.5. The summed E-state index contributed by atoms with van der Waals surface area (Å²) in [5, 5.41) is 5.67. The predicted octanol–water partition coefficient (Wildman–Crippen LogP) is 7.49. The summed E-state index contributed by atoms with van der Waals surface area (Å²) < 4.78 is 58.2. The Bertz CT molecular complexity index is 1610. The van der Waals surface area contributed by atoms with Gasteiger partial charge >= 0.3 is 6.18 Å². The van der Waals surface area contributed by atoms with Crippen molar-refractivity contribution in [2.24, 2.45) is 5.16 Å². The fourth-order valence-electron chi connectivity index (χ4n) is 4.42. The van der Waals surface area contributed by atoms with Crippen molar-refractivity contribution < 1.29 is 27.4 Å². The number of nitrogens with one attached hydrogen (secondary N) is 1. The van der Waals surface area contributed by atoms with Crippen LogP contribution in [0.15, 0.2) is 88.9 Å². The fraction of sp³-hybridized carbons (Fsp3) is 0.143. The number of hydrogen-bond donors (Lipinski definition) is 1.